The van der Waals surface area contributed by atoms with E-state index < -0.39 is 0 Å². The molecule has 0 amide bonds. The van der Waals surface area contributed by atoms with Gasteiger partial charge in [-0.2, -0.15) is 0 Å². The molecule has 1 fully saturated rings. The number of likely N-dealkylation sites (N-methyl/N-ethyl adjacent to an activating group) is 1. The van der Waals surface area contributed by atoms with Gasteiger partial charge in [-0.25, -0.2) is 0 Å². The minimum absolute atomic E-state index is 0.118. The van der Waals surface area contributed by atoms with Crippen LogP contribution < -0.4 is 5.73 Å². The smallest absolute Gasteiger partial charge is 0.0622 e. The molecular formula is C12H26N2O. The summed E-state index contributed by atoms with van der Waals surface area (Å²) in [6.07, 6.45) is 2.29. The topological polar surface area (TPSA) is 38.5 Å². The zero-order valence-corrected chi connectivity index (χ0v) is 10.6. The molecule has 1 aliphatic heterocycles. The third kappa shape index (κ3) is 3.16. The summed E-state index contributed by atoms with van der Waals surface area (Å²) in [6, 6.07) is 0.553. The summed E-state index contributed by atoms with van der Waals surface area (Å²) in [5.41, 5.74) is 6.06. The molecule has 2 unspecified atom stereocenters. The van der Waals surface area contributed by atoms with E-state index in [1.807, 2.05) is 0 Å². The lowest BCUT2D eigenvalue weighted by Gasteiger charge is -2.42. The van der Waals surface area contributed by atoms with Crippen molar-refractivity contribution in [2.45, 2.75) is 45.2 Å². The van der Waals surface area contributed by atoms with Crippen molar-refractivity contribution in [3.63, 3.8) is 0 Å². The molecule has 0 aromatic heterocycles. The summed E-state index contributed by atoms with van der Waals surface area (Å²) in [6.45, 7) is 9.27. The van der Waals surface area contributed by atoms with Crippen LogP contribution in [0.1, 0.15) is 33.6 Å². The van der Waals surface area contributed by atoms with Crippen molar-refractivity contribution in [2.75, 3.05) is 26.8 Å². The highest BCUT2D eigenvalue weighted by atomic mass is 16.5. The standard InChI is InChI=1S/C12H26N2O/c1-10(2)7-12(3,9-13)14(4)11-5-6-15-8-11/h10-11H,5-9,13H2,1-4H3. The van der Waals surface area contributed by atoms with E-state index in [0.717, 1.165) is 32.6 Å². The number of ether oxygens (including phenoxy) is 1. The molecule has 1 aliphatic rings. The molecule has 15 heavy (non-hydrogen) atoms. The van der Waals surface area contributed by atoms with Gasteiger partial charge in [-0.05, 0) is 32.7 Å². The lowest BCUT2D eigenvalue weighted by molar-refractivity contribution is 0.0631. The van der Waals surface area contributed by atoms with Crippen molar-refractivity contribution in [1.82, 2.24) is 4.90 Å². The molecule has 1 rings (SSSR count). The van der Waals surface area contributed by atoms with Crippen LogP contribution in [0.25, 0.3) is 0 Å². The Labute approximate surface area is 94.0 Å². The molecule has 0 aromatic rings. The number of hydrogen-bond acceptors (Lipinski definition) is 3. The van der Waals surface area contributed by atoms with Gasteiger partial charge < -0.3 is 10.5 Å². The third-order valence-electron chi connectivity index (χ3n) is 3.59. The zero-order chi connectivity index (χ0) is 11.5. The van der Waals surface area contributed by atoms with E-state index in [4.69, 9.17) is 10.5 Å². The number of hydrogen-bond donors (Lipinski definition) is 1. The van der Waals surface area contributed by atoms with Crippen molar-refractivity contribution in [3.8, 4) is 0 Å². The first kappa shape index (κ1) is 12.9. The van der Waals surface area contributed by atoms with Crippen LogP contribution in [-0.4, -0.2) is 43.3 Å². The number of nitrogens with two attached hydrogens (primary N) is 1. The molecule has 0 spiro atoms. The Morgan fingerprint density at radius 2 is 2.20 bits per heavy atom. The molecule has 90 valence electrons. The lowest BCUT2D eigenvalue weighted by Crippen LogP contribution is -2.54. The minimum atomic E-state index is 0.118. The van der Waals surface area contributed by atoms with Gasteiger partial charge in [0.05, 0.1) is 6.61 Å². The van der Waals surface area contributed by atoms with Gasteiger partial charge >= 0.3 is 0 Å². The van der Waals surface area contributed by atoms with Gasteiger partial charge in [0.25, 0.3) is 0 Å². The summed E-state index contributed by atoms with van der Waals surface area (Å²) in [5, 5.41) is 0. The van der Waals surface area contributed by atoms with Crippen molar-refractivity contribution < 1.29 is 4.74 Å². The van der Waals surface area contributed by atoms with Gasteiger partial charge in [0, 0.05) is 24.7 Å². The fourth-order valence-corrected chi connectivity index (χ4v) is 2.52. The maximum atomic E-state index is 5.94. The average Bonchev–Trinajstić information content (AvgIpc) is 2.68. The highest BCUT2D eigenvalue weighted by molar-refractivity contribution is 4.91. The molecule has 3 heteroatoms. The molecule has 0 aliphatic carbocycles. The van der Waals surface area contributed by atoms with Crippen LogP contribution in [0.2, 0.25) is 0 Å². The van der Waals surface area contributed by atoms with Crippen molar-refractivity contribution in [3.05, 3.63) is 0 Å². The summed E-state index contributed by atoms with van der Waals surface area (Å²) in [7, 11) is 2.19. The molecule has 0 radical (unpaired) electrons. The fourth-order valence-electron chi connectivity index (χ4n) is 2.52. The van der Waals surface area contributed by atoms with Crippen LogP contribution >= 0.6 is 0 Å². The first-order valence-electron chi connectivity index (χ1n) is 6.00. The van der Waals surface area contributed by atoms with Crippen LogP contribution in [-0.2, 0) is 4.74 Å². The maximum Gasteiger partial charge on any atom is 0.0622 e. The summed E-state index contributed by atoms with van der Waals surface area (Å²) >= 11 is 0. The van der Waals surface area contributed by atoms with Crippen LogP contribution in [0, 0.1) is 5.92 Å². The van der Waals surface area contributed by atoms with Gasteiger partial charge in [-0.3, -0.25) is 4.90 Å². The predicted octanol–water partition coefficient (Wildman–Crippen LogP) is 1.47. The first-order valence-corrected chi connectivity index (χ1v) is 6.00. The molecule has 0 saturated carbocycles. The fraction of sp³-hybridized carbons (Fsp3) is 1.00. The Balaban J connectivity index is 2.62. The van der Waals surface area contributed by atoms with Gasteiger partial charge in [0.15, 0.2) is 0 Å². The van der Waals surface area contributed by atoms with Gasteiger partial charge in [0.2, 0.25) is 0 Å². The second kappa shape index (κ2) is 5.28. The van der Waals surface area contributed by atoms with Crippen LogP contribution in [0.4, 0.5) is 0 Å². The largest absolute Gasteiger partial charge is 0.380 e. The van der Waals surface area contributed by atoms with Crippen molar-refractivity contribution in [1.29, 1.82) is 0 Å². The molecular weight excluding hydrogens is 188 g/mol. The first-order chi connectivity index (χ1) is 6.99. The number of rotatable bonds is 5. The third-order valence-corrected chi connectivity index (χ3v) is 3.59. The highest BCUT2D eigenvalue weighted by Gasteiger charge is 2.34. The van der Waals surface area contributed by atoms with Gasteiger partial charge in [0.1, 0.15) is 0 Å². The molecule has 1 saturated heterocycles. The van der Waals surface area contributed by atoms with Crippen LogP contribution in [0.5, 0.6) is 0 Å². The summed E-state index contributed by atoms with van der Waals surface area (Å²) < 4.78 is 5.44. The Kier molecular flexibility index (Phi) is 4.56. The maximum absolute atomic E-state index is 5.94. The molecule has 2 atom stereocenters. The van der Waals surface area contributed by atoms with E-state index in [0.29, 0.717) is 12.0 Å². The van der Waals surface area contributed by atoms with E-state index in [2.05, 4.69) is 32.7 Å². The van der Waals surface area contributed by atoms with Crippen LogP contribution in [0.3, 0.4) is 0 Å². The van der Waals surface area contributed by atoms with Gasteiger partial charge in [-0.1, -0.05) is 13.8 Å². The Morgan fingerprint density at radius 3 is 2.60 bits per heavy atom. The Bertz CT molecular complexity index is 190. The van der Waals surface area contributed by atoms with Crippen LogP contribution in [0.15, 0.2) is 0 Å². The molecule has 0 bridgehead atoms. The second-order valence-electron chi connectivity index (χ2n) is 5.43. The SMILES string of the molecule is CC(C)CC(C)(CN)N(C)C1CCOC1. The molecule has 0 aromatic carbocycles. The zero-order valence-electron chi connectivity index (χ0n) is 10.6. The quantitative estimate of drug-likeness (QED) is 0.753. The second-order valence-corrected chi connectivity index (χ2v) is 5.43. The Hall–Kier alpha value is -0.120. The molecule has 2 N–H and O–H groups in total. The van der Waals surface area contributed by atoms with Crippen molar-refractivity contribution in [2.24, 2.45) is 11.7 Å². The summed E-state index contributed by atoms with van der Waals surface area (Å²) in [4.78, 5) is 2.43. The lowest BCUT2D eigenvalue weighted by atomic mass is 9.88. The normalized spacial score (nSPS) is 26.2. The predicted molar refractivity (Wildman–Crippen MR) is 63.9 cm³/mol. The molecule has 1 heterocycles. The number of nitrogens with zero attached hydrogens (tertiary/aromatic N) is 1. The minimum Gasteiger partial charge on any atom is -0.380 e. The summed E-state index contributed by atoms with van der Waals surface area (Å²) in [5.74, 6) is 0.684. The van der Waals surface area contributed by atoms with E-state index in [9.17, 15) is 0 Å². The monoisotopic (exact) mass is 214 g/mol. The van der Waals surface area contributed by atoms with E-state index in [1.165, 1.54) is 0 Å². The van der Waals surface area contributed by atoms with E-state index in [-0.39, 0.29) is 5.54 Å². The highest BCUT2D eigenvalue weighted by Crippen LogP contribution is 2.26. The molecule has 3 nitrogen and oxygen atoms in total. The Morgan fingerprint density at radius 1 is 1.53 bits per heavy atom. The van der Waals surface area contributed by atoms with Crippen molar-refractivity contribution >= 4 is 0 Å². The average molecular weight is 214 g/mol. The van der Waals surface area contributed by atoms with Gasteiger partial charge in [-0.15, -0.1) is 0 Å². The van der Waals surface area contributed by atoms with E-state index in [1.54, 1.807) is 0 Å². The van der Waals surface area contributed by atoms with E-state index >= 15 is 0 Å².